The molecule has 0 radical (unpaired) electrons. The Labute approximate surface area is 109 Å². The summed E-state index contributed by atoms with van der Waals surface area (Å²) < 4.78 is 0. The summed E-state index contributed by atoms with van der Waals surface area (Å²) in [5, 5.41) is 2.88. The molecule has 0 unspecified atom stereocenters. The average Bonchev–Trinajstić information content (AvgIpc) is 2.40. The van der Waals surface area contributed by atoms with Gasteiger partial charge >= 0.3 is 0 Å². The van der Waals surface area contributed by atoms with Gasteiger partial charge in [0.15, 0.2) is 0 Å². The maximum atomic E-state index is 10.8. The Bertz CT molecular complexity index is 369. The molecule has 2 rings (SSSR count). The quantitative estimate of drug-likeness (QED) is 0.885. The van der Waals surface area contributed by atoms with Crippen LogP contribution in [0.15, 0.2) is 30.3 Å². The summed E-state index contributed by atoms with van der Waals surface area (Å²) in [7, 11) is 0. The summed E-state index contributed by atoms with van der Waals surface area (Å²) in [6.07, 6.45) is 3.57. The lowest BCUT2D eigenvalue weighted by Crippen LogP contribution is -2.35. The molecule has 1 aliphatic rings. The molecule has 0 atom stereocenters. The first-order valence-electron chi connectivity index (χ1n) is 6.80. The van der Waals surface area contributed by atoms with Crippen molar-refractivity contribution >= 4 is 11.6 Å². The van der Waals surface area contributed by atoms with Crippen LogP contribution in [0.4, 0.5) is 5.69 Å². The van der Waals surface area contributed by atoms with Crippen molar-refractivity contribution in [3.63, 3.8) is 0 Å². The van der Waals surface area contributed by atoms with Crippen LogP contribution in [-0.2, 0) is 4.79 Å². The molecule has 0 aromatic heterocycles. The molecule has 0 spiro atoms. The first kappa shape index (κ1) is 12.9. The normalized spacial score (nSPS) is 16.6. The highest BCUT2D eigenvalue weighted by atomic mass is 16.1. The summed E-state index contributed by atoms with van der Waals surface area (Å²) in [6.45, 7) is 4.67. The summed E-state index contributed by atoms with van der Waals surface area (Å²) >= 11 is 0. The lowest BCUT2D eigenvalue weighted by atomic mass is 9.93. The number of carbonyl (C=O) groups is 1. The molecule has 1 aromatic carbocycles. The van der Waals surface area contributed by atoms with Gasteiger partial charge in [-0.3, -0.25) is 4.79 Å². The number of amides is 1. The number of nitrogens with zero attached hydrogens (tertiary/aromatic N) is 1. The molecular weight excluding hydrogens is 224 g/mol. The van der Waals surface area contributed by atoms with Crippen molar-refractivity contribution in [3.8, 4) is 0 Å². The second kappa shape index (κ2) is 6.43. The van der Waals surface area contributed by atoms with E-state index in [4.69, 9.17) is 0 Å². The van der Waals surface area contributed by atoms with E-state index in [2.05, 4.69) is 40.5 Å². The number of hydrogen-bond donors (Lipinski definition) is 1. The molecule has 98 valence electrons. The van der Waals surface area contributed by atoms with E-state index in [-0.39, 0.29) is 5.91 Å². The smallest absolute Gasteiger partial charge is 0.216 e. The van der Waals surface area contributed by atoms with Crippen LogP contribution >= 0.6 is 0 Å². The van der Waals surface area contributed by atoms with Crippen LogP contribution in [0.3, 0.4) is 0 Å². The zero-order valence-corrected chi connectivity index (χ0v) is 11.1. The molecule has 1 heterocycles. The minimum Gasteiger partial charge on any atom is -0.372 e. The van der Waals surface area contributed by atoms with Gasteiger partial charge in [-0.05, 0) is 37.3 Å². The second-order valence-corrected chi connectivity index (χ2v) is 5.04. The van der Waals surface area contributed by atoms with Crippen LogP contribution in [0.5, 0.6) is 0 Å². The van der Waals surface area contributed by atoms with Crippen LogP contribution < -0.4 is 10.2 Å². The second-order valence-electron chi connectivity index (χ2n) is 5.04. The number of benzene rings is 1. The van der Waals surface area contributed by atoms with Gasteiger partial charge in [-0.15, -0.1) is 0 Å². The van der Waals surface area contributed by atoms with Crippen molar-refractivity contribution in [1.29, 1.82) is 0 Å². The highest BCUT2D eigenvalue weighted by Gasteiger charge is 2.18. The Morgan fingerprint density at radius 3 is 2.56 bits per heavy atom. The van der Waals surface area contributed by atoms with E-state index in [9.17, 15) is 4.79 Å². The van der Waals surface area contributed by atoms with Gasteiger partial charge in [0.05, 0.1) is 0 Å². The van der Waals surface area contributed by atoms with E-state index >= 15 is 0 Å². The zero-order chi connectivity index (χ0) is 12.8. The molecule has 1 amide bonds. The Morgan fingerprint density at radius 1 is 1.28 bits per heavy atom. The lowest BCUT2D eigenvalue weighted by molar-refractivity contribution is -0.119. The van der Waals surface area contributed by atoms with E-state index in [0.717, 1.165) is 32.0 Å². The number of nitrogens with one attached hydrogen (secondary N) is 1. The van der Waals surface area contributed by atoms with Crippen molar-refractivity contribution in [3.05, 3.63) is 30.3 Å². The number of rotatable bonds is 4. The Balaban J connectivity index is 1.73. The summed E-state index contributed by atoms with van der Waals surface area (Å²) in [4.78, 5) is 13.3. The molecule has 1 N–H and O–H groups in total. The Kier molecular flexibility index (Phi) is 4.62. The SMILES string of the molecule is CC(=O)NCCC1CCN(c2ccccc2)CC1. The molecular formula is C15H22N2O. The number of piperidine rings is 1. The number of para-hydroxylation sites is 1. The van der Waals surface area contributed by atoms with Gasteiger partial charge < -0.3 is 10.2 Å². The Morgan fingerprint density at radius 2 is 1.94 bits per heavy atom. The van der Waals surface area contributed by atoms with Gasteiger partial charge in [0, 0.05) is 32.2 Å². The fourth-order valence-electron chi connectivity index (χ4n) is 2.57. The molecule has 1 aliphatic heterocycles. The maximum absolute atomic E-state index is 10.8. The van der Waals surface area contributed by atoms with Crippen molar-refractivity contribution in [2.45, 2.75) is 26.2 Å². The van der Waals surface area contributed by atoms with Gasteiger partial charge in [0.2, 0.25) is 5.91 Å². The monoisotopic (exact) mass is 246 g/mol. The highest BCUT2D eigenvalue weighted by molar-refractivity contribution is 5.72. The third kappa shape index (κ3) is 3.76. The van der Waals surface area contributed by atoms with Crippen LogP contribution in [0.1, 0.15) is 26.2 Å². The largest absolute Gasteiger partial charge is 0.372 e. The minimum absolute atomic E-state index is 0.0803. The summed E-state index contributed by atoms with van der Waals surface area (Å²) in [6, 6.07) is 10.6. The first-order chi connectivity index (χ1) is 8.75. The van der Waals surface area contributed by atoms with Gasteiger partial charge in [0.1, 0.15) is 0 Å². The number of anilines is 1. The van der Waals surface area contributed by atoms with Gasteiger partial charge in [-0.1, -0.05) is 18.2 Å². The molecule has 0 bridgehead atoms. The van der Waals surface area contributed by atoms with Crippen LogP contribution in [0, 0.1) is 5.92 Å². The van der Waals surface area contributed by atoms with Gasteiger partial charge in [-0.2, -0.15) is 0 Å². The fourth-order valence-corrected chi connectivity index (χ4v) is 2.57. The summed E-state index contributed by atoms with van der Waals surface area (Å²) in [5.74, 6) is 0.841. The number of hydrogen-bond acceptors (Lipinski definition) is 2. The molecule has 3 heteroatoms. The van der Waals surface area contributed by atoms with E-state index < -0.39 is 0 Å². The van der Waals surface area contributed by atoms with E-state index in [1.807, 2.05) is 0 Å². The van der Waals surface area contributed by atoms with Crippen molar-refractivity contribution in [1.82, 2.24) is 5.32 Å². The molecule has 1 saturated heterocycles. The minimum atomic E-state index is 0.0803. The number of carbonyl (C=O) groups excluding carboxylic acids is 1. The average molecular weight is 246 g/mol. The van der Waals surface area contributed by atoms with Gasteiger partial charge in [0.25, 0.3) is 0 Å². The highest BCUT2D eigenvalue weighted by Crippen LogP contribution is 2.24. The van der Waals surface area contributed by atoms with Crippen LogP contribution in [-0.4, -0.2) is 25.5 Å². The zero-order valence-electron chi connectivity index (χ0n) is 11.1. The van der Waals surface area contributed by atoms with Crippen molar-refractivity contribution < 1.29 is 4.79 Å². The predicted octanol–water partition coefficient (Wildman–Crippen LogP) is 2.43. The molecule has 1 aromatic rings. The van der Waals surface area contributed by atoms with Crippen LogP contribution in [0.25, 0.3) is 0 Å². The fraction of sp³-hybridized carbons (Fsp3) is 0.533. The lowest BCUT2D eigenvalue weighted by Gasteiger charge is -2.33. The predicted molar refractivity (Wildman–Crippen MR) is 74.7 cm³/mol. The third-order valence-electron chi connectivity index (χ3n) is 3.66. The molecule has 1 fully saturated rings. The van der Waals surface area contributed by atoms with E-state index in [1.54, 1.807) is 6.92 Å². The third-order valence-corrected chi connectivity index (χ3v) is 3.66. The standard InChI is InChI=1S/C15H22N2O/c1-13(18)16-10-7-14-8-11-17(12-9-14)15-5-3-2-4-6-15/h2-6,14H,7-12H2,1H3,(H,16,18). The van der Waals surface area contributed by atoms with Crippen molar-refractivity contribution in [2.24, 2.45) is 5.92 Å². The molecule has 0 aliphatic carbocycles. The summed E-state index contributed by atoms with van der Waals surface area (Å²) in [5.41, 5.74) is 1.33. The Hall–Kier alpha value is -1.51. The van der Waals surface area contributed by atoms with E-state index in [0.29, 0.717) is 0 Å². The molecule has 0 saturated carbocycles. The molecule has 3 nitrogen and oxygen atoms in total. The maximum Gasteiger partial charge on any atom is 0.216 e. The van der Waals surface area contributed by atoms with E-state index in [1.165, 1.54) is 18.5 Å². The topological polar surface area (TPSA) is 32.3 Å². The van der Waals surface area contributed by atoms with Crippen LogP contribution in [0.2, 0.25) is 0 Å². The van der Waals surface area contributed by atoms with Crippen molar-refractivity contribution in [2.75, 3.05) is 24.5 Å². The molecule has 18 heavy (non-hydrogen) atoms. The van der Waals surface area contributed by atoms with Gasteiger partial charge in [-0.25, -0.2) is 0 Å². The first-order valence-corrected chi connectivity index (χ1v) is 6.80.